The van der Waals surface area contributed by atoms with E-state index in [1.54, 1.807) is 13.2 Å². The van der Waals surface area contributed by atoms with Gasteiger partial charge in [-0.3, -0.25) is 4.79 Å². The Morgan fingerprint density at radius 3 is 2.74 bits per heavy atom. The summed E-state index contributed by atoms with van der Waals surface area (Å²) in [6.45, 7) is 5.13. The van der Waals surface area contributed by atoms with Gasteiger partial charge in [-0.2, -0.15) is 0 Å². The number of carbonyl (C=O) groups is 1. The largest absolute Gasteiger partial charge is 0.447 e. The average Bonchev–Trinajstić information content (AvgIpc) is 3.49. The lowest BCUT2D eigenvalue weighted by Gasteiger charge is -2.36. The molecule has 0 spiro atoms. The Morgan fingerprint density at radius 2 is 2.05 bits per heavy atom. The monoisotopic (exact) mass is 555 g/mol. The fourth-order valence-electron chi connectivity index (χ4n) is 5.49. The molecule has 1 aliphatic carbocycles. The van der Waals surface area contributed by atoms with Crippen molar-refractivity contribution in [2.75, 3.05) is 25.5 Å². The molecule has 0 aromatic carbocycles. The highest BCUT2D eigenvalue weighted by Gasteiger charge is 2.34. The van der Waals surface area contributed by atoms with Crippen LogP contribution in [0.3, 0.4) is 0 Å². The molecule has 1 saturated heterocycles. The summed E-state index contributed by atoms with van der Waals surface area (Å²) in [7, 11) is 3.42. The first-order valence-corrected chi connectivity index (χ1v) is 14.2. The molecule has 3 aromatic heterocycles. The average molecular weight is 556 g/mol. The Hall–Kier alpha value is -3.31. The maximum absolute atomic E-state index is 14.7. The first-order chi connectivity index (χ1) is 18.8. The van der Waals surface area contributed by atoms with E-state index in [0.717, 1.165) is 33.5 Å². The van der Waals surface area contributed by atoms with E-state index in [1.807, 2.05) is 48.7 Å². The van der Waals surface area contributed by atoms with Gasteiger partial charge in [0.25, 0.3) is 5.91 Å². The summed E-state index contributed by atoms with van der Waals surface area (Å²) in [5, 5.41) is 10.5. The van der Waals surface area contributed by atoms with Gasteiger partial charge >= 0.3 is 5.90 Å². The molecule has 0 bridgehead atoms. The SMILES string of the molecule is COC(=[NH2+])c1sc2ncnc(NC3CC=C(F)C(C)CC3OC3CCN(C(=O)c4cccn4C)CC3)c2c1C. The molecule has 9 nitrogen and oxygen atoms in total. The van der Waals surface area contributed by atoms with Crippen molar-refractivity contribution in [3.8, 4) is 0 Å². The second-order valence-electron chi connectivity index (χ2n) is 10.4. The second kappa shape index (κ2) is 11.4. The summed E-state index contributed by atoms with van der Waals surface area (Å²) in [4.78, 5) is 25.4. The Morgan fingerprint density at radius 1 is 1.28 bits per heavy atom. The minimum atomic E-state index is -0.239. The number of nitrogens with zero attached hydrogens (tertiary/aromatic N) is 4. The number of nitrogens with one attached hydrogen (secondary N) is 1. The Labute approximate surface area is 231 Å². The van der Waals surface area contributed by atoms with Gasteiger partial charge in [0.15, 0.2) is 0 Å². The maximum Gasteiger partial charge on any atom is 0.377 e. The van der Waals surface area contributed by atoms with Crippen LogP contribution in [-0.2, 0) is 16.5 Å². The Balaban J connectivity index is 1.32. The van der Waals surface area contributed by atoms with Crippen LogP contribution < -0.4 is 10.7 Å². The van der Waals surface area contributed by atoms with Crippen molar-refractivity contribution < 1.29 is 24.1 Å². The number of nitrogens with two attached hydrogens (primary N) is 1. The molecule has 2 aliphatic rings. The molecule has 5 rings (SSSR count). The zero-order chi connectivity index (χ0) is 27.7. The first kappa shape index (κ1) is 27.3. The standard InChI is InChI=1S/C28H35FN6O3S/c1-16-14-22(38-18-9-12-35(13-10-18)28(36)21-6-5-11-34(21)3)20(8-7-19(16)29)33-26-23-17(2)24(25(30)37-4)39-27(23)32-15-31-26/h5-7,11,15-16,18,20,22,30H,8-10,12-14H2,1-4H3,(H,31,32,33)/p+1. The molecule has 1 aliphatic heterocycles. The third-order valence-electron chi connectivity index (χ3n) is 7.82. The zero-order valence-corrected chi connectivity index (χ0v) is 23.6. The first-order valence-electron chi connectivity index (χ1n) is 13.4. The highest BCUT2D eigenvalue weighted by atomic mass is 32.1. The number of ether oxygens (including phenoxy) is 2. The van der Waals surface area contributed by atoms with E-state index < -0.39 is 0 Å². The van der Waals surface area contributed by atoms with Gasteiger partial charge in [0.1, 0.15) is 27.5 Å². The van der Waals surface area contributed by atoms with Gasteiger partial charge in [-0.15, -0.1) is 11.3 Å². The van der Waals surface area contributed by atoms with Crippen LogP contribution in [0.2, 0.25) is 0 Å². The second-order valence-corrected chi connectivity index (χ2v) is 11.4. The molecule has 3 atom stereocenters. The summed E-state index contributed by atoms with van der Waals surface area (Å²) >= 11 is 1.45. The van der Waals surface area contributed by atoms with Crippen molar-refractivity contribution in [3.05, 3.63) is 52.7 Å². The predicted molar refractivity (Wildman–Crippen MR) is 149 cm³/mol. The van der Waals surface area contributed by atoms with Gasteiger partial charge in [-0.05, 0) is 50.3 Å². The van der Waals surface area contributed by atoms with Gasteiger partial charge in [-0.1, -0.05) is 13.0 Å². The van der Waals surface area contributed by atoms with Crippen LogP contribution in [0, 0.1) is 12.8 Å². The number of amides is 1. The van der Waals surface area contributed by atoms with Crippen LogP contribution in [-0.4, -0.2) is 69.7 Å². The topological polar surface area (TPSA) is 107 Å². The number of carbonyl (C=O) groups excluding carboxylic acids is 1. The molecule has 3 aromatic rings. The molecule has 1 fully saturated rings. The van der Waals surface area contributed by atoms with Crippen LogP contribution in [0.5, 0.6) is 0 Å². The molecule has 3 unspecified atom stereocenters. The van der Waals surface area contributed by atoms with E-state index in [0.29, 0.717) is 43.3 Å². The lowest BCUT2D eigenvalue weighted by molar-refractivity contribution is -0.135. The van der Waals surface area contributed by atoms with Crippen molar-refractivity contribution in [1.82, 2.24) is 19.4 Å². The highest BCUT2D eigenvalue weighted by molar-refractivity contribution is 7.20. The molecule has 0 saturated carbocycles. The van der Waals surface area contributed by atoms with Crippen molar-refractivity contribution in [3.63, 3.8) is 0 Å². The summed E-state index contributed by atoms with van der Waals surface area (Å²) in [5.74, 6) is 0.707. The van der Waals surface area contributed by atoms with Crippen LogP contribution in [0.15, 0.2) is 36.6 Å². The van der Waals surface area contributed by atoms with Gasteiger partial charge in [0, 0.05) is 32.3 Å². The van der Waals surface area contributed by atoms with Gasteiger partial charge < -0.3 is 24.3 Å². The fraction of sp³-hybridized carbons (Fsp3) is 0.500. The highest BCUT2D eigenvalue weighted by Crippen LogP contribution is 2.36. The van der Waals surface area contributed by atoms with Crippen LogP contribution in [0.25, 0.3) is 10.2 Å². The van der Waals surface area contributed by atoms with E-state index in [9.17, 15) is 9.18 Å². The summed E-state index contributed by atoms with van der Waals surface area (Å²) in [6, 6.07) is 3.54. The molecule has 4 heterocycles. The summed E-state index contributed by atoms with van der Waals surface area (Å²) < 4.78 is 28.5. The van der Waals surface area contributed by atoms with Crippen LogP contribution in [0.1, 0.15) is 53.5 Å². The van der Waals surface area contributed by atoms with Crippen molar-refractivity contribution in [2.45, 2.75) is 57.8 Å². The van der Waals surface area contributed by atoms with Crippen LogP contribution >= 0.6 is 11.3 Å². The summed E-state index contributed by atoms with van der Waals surface area (Å²) in [6.07, 6.45) is 7.32. The number of thiophene rings is 1. The quantitative estimate of drug-likeness (QED) is 0.357. The number of hydrogen-bond donors (Lipinski definition) is 2. The van der Waals surface area contributed by atoms with E-state index in [4.69, 9.17) is 14.9 Å². The number of rotatable bonds is 6. The fourth-order valence-corrected chi connectivity index (χ4v) is 6.58. The van der Waals surface area contributed by atoms with E-state index >= 15 is 0 Å². The van der Waals surface area contributed by atoms with Crippen molar-refractivity contribution in [2.24, 2.45) is 13.0 Å². The van der Waals surface area contributed by atoms with E-state index in [-0.39, 0.29) is 35.9 Å². The van der Waals surface area contributed by atoms with Gasteiger partial charge in [0.2, 0.25) is 0 Å². The molecule has 208 valence electrons. The molecule has 39 heavy (non-hydrogen) atoms. The Kier molecular flexibility index (Phi) is 7.99. The smallest absolute Gasteiger partial charge is 0.377 e. The number of aryl methyl sites for hydroxylation is 2. The molecule has 0 radical (unpaired) electrons. The zero-order valence-electron chi connectivity index (χ0n) is 22.8. The number of hydrogen-bond acceptors (Lipinski definition) is 7. The number of allylic oxidation sites excluding steroid dienone is 1. The minimum Gasteiger partial charge on any atom is -0.447 e. The van der Waals surface area contributed by atoms with E-state index in [2.05, 4.69) is 15.3 Å². The third-order valence-corrected chi connectivity index (χ3v) is 9.04. The lowest BCUT2D eigenvalue weighted by Crippen LogP contribution is -2.45. The van der Waals surface area contributed by atoms with Crippen LogP contribution in [0.4, 0.5) is 10.2 Å². The number of halogens is 1. The third kappa shape index (κ3) is 5.56. The number of aromatic nitrogens is 3. The van der Waals surface area contributed by atoms with E-state index in [1.165, 1.54) is 17.7 Å². The van der Waals surface area contributed by atoms with Crippen molar-refractivity contribution in [1.29, 1.82) is 0 Å². The molecule has 11 heteroatoms. The summed E-state index contributed by atoms with van der Waals surface area (Å²) in [5.41, 5.74) is 1.62. The minimum absolute atomic E-state index is 0.0128. The Bertz CT molecular complexity index is 1390. The molecular weight excluding hydrogens is 519 g/mol. The number of fused-ring (bicyclic) bond motifs is 1. The lowest BCUT2D eigenvalue weighted by atomic mass is 9.98. The molecule has 3 N–H and O–H groups in total. The predicted octanol–water partition coefficient (Wildman–Crippen LogP) is 3.24. The van der Waals surface area contributed by atoms with Gasteiger partial charge in [-0.25, -0.2) is 19.8 Å². The maximum atomic E-state index is 14.7. The van der Waals surface area contributed by atoms with Gasteiger partial charge in [0.05, 0.1) is 36.6 Å². The number of likely N-dealkylation sites (tertiary alicyclic amines) is 1. The number of piperidine rings is 1. The van der Waals surface area contributed by atoms with Crippen molar-refractivity contribution >= 4 is 39.2 Å². The molecular formula is C28H36FN6O3S+. The number of methoxy groups -OCH3 is 1. The number of anilines is 1. The normalized spacial score (nSPS) is 22.4. The molecule has 1 amide bonds.